The van der Waals surface area contributed by atoms with E-state index in [0.717, 1.165) is 0 Å². The van der Waals surface area contributed by atoms with Crippen LogP contribution in [0.5, 0.6) is 0 Å². The van der Waals surface area contributed by atoms with Crippen LogP contribution in [-0.4, -0.2) is 35.0 Å². The quantitative estimate of drug-likeness (QED) is 0.709. The molecule has 7 heteroatoms. The third kappa shape index (κ3) is 4.11. The summed E-state index contributed by atoms with van der Waals surface area (Å²) in [6.45, 7) is 4.85. The Morgan fingerprint density at radius 3 is 2.30 bits per heavy atom. The number of hydrogen-bond donors (Lipinski definition) is 3. The Bertz CT molecular complexity index is 481. The van der Waals surface area contributed by atoms with Crippen molar-refractivity contribution < 1.29 is 23.9 Å². The van der Waals surface area contributed by atoms with Crippen LogP contribution in [-0.2, 0) is 9.59 Å². The fourth-order valence-electron chi connectivity index (χ4n) is 1.52. The first-order valence-electron chi connectivity index (χ1n) is 6.20. The van der Waals surface area contributed by atoms with Gasteiger partial charge in [0.05, 0.1) is 6.26 Å². The monoisotopic (exact) mass is 282 g/mol. The van der Waals surface area contributed by atoms with Gasteiger partial charge < -0.3 is 20.2 Å². The predicted molar refractivity (Wildman–Crippen MR) is 70.0 cm³/mol. The molecule has 0 bridgehead atoms. The van der Waals surface area contributed by atoms with Crippen molar-refractivity contribution in [3.63, 3.8) is 0 Å². The van der Waals surface area contributed by atoms with Gasteiger partial charge in [0.25, 0.3) is 5.91 Å². The van der Waals surface area contributed by atoms with E-state index < -0.39 is 29.9 Å². The van der Waals surface area contributed by atoms with Gasteiger partial charge in [0.2, 0.25) is 5.91 Å². The van der Waals surface area contributed by atoms with Gasteiger partial charge in [0.1, 0.15) is 12.1 Å². The number of nitrogens with one attached hydrogen (secondary N) is 2. The first-order valence-corrected chi connectivity index (χ1v) is 6.20. The van der Waals surface area contributed by atoms with Gasteiger partial charge in [0, 0.05) is 0 Å². The summed E-state index contributed by atoms with van der Waals surface area (Å²) in [6, 6.07) is 1.18. The SMILES string of the molecule is CC(NC(=O)C(NC(=O)c1ccco1)C(C)C)C(=O)O. The average molecular weight is 282 g/mol. The third-order valence-corrected chi connectivity index (χ3v) is 2.71. The molecule has 0 fully saturated rings. The zero-order valence-electron chi connectivity index (χ0n) is 11.5. The second kappa shape index (κ2) is 6.74. The maximum absolute atomic E-state index is 12.0. The Morgan fingerprint density at radius 1 is 1.20 bits per heavy atom. The number of aliphatic carboxylic acids is 1. The first-order chi connectivity index (χ1) is 9.32. The molecule has 110 valence electrons. The molecule has 0 aliphatic heterocycles. The summed E-state index contributed by atoms with van der Waals surface area (Å²) in [5.74, 6) is -2.32. The molecular formula is C13H18N2O5. The molecule has 1 aromatic rings. The molecule has 1 rings (SSSR count). The number of carbonyl (C=O) groups excluding carboxylic acids is 2. The second-order valence-electron chi connectivity index (χ2n) is 4.74. The highest BCUT2D eigenvalue weighted by atomic mass is 16.4. The van der Waals surface area contributed by atoms with Crippen molar-refractivity contribution >= 4 is 17.8 Å². The Labute approximate surface area is 116 Å². The van der Waals surface area contributed by atoms with Gasteiger partial charge in [-0.05, 0) is 25.0 Å². The molecule has 0 saturated heterocycles. The summed E-state index contributed by atoms with van der Waals surface area (Å²) in [6.07, 6.45) is 1.35. The topological polar surface area (TPSA) is 109 Å². The molecule has 2 unspecified atom stereocenters. The number of furan rings is 1. The smallest absolute Gasteiger partial charge is 0.325 e. The molecule has 1 aromatic heterocycles. The number of carbonyl (C=O) groups is 3. The molecule has 0 radical (unpaired) electrons. The van der Waals surface area contributed by atoms with Gasteiger partial charge in [0.15, 0.2) is 5.76 Å². The van der Waals surface area contributed by atoms with Crippen LogP contribution < -0.4 is 10.6 Å². The summed E-state index contributed by atoms with van der Waals surface area (Å²) in [4.78, 5) is 34.5. The van der Waals surface area contributed by atoms with Crippen molar-refractivity contribution in [1.29, 1.82) is 0 Å². The molecule has 0 saturated carbocycles. The lowest BCUT2D eigenvalue weighted by Gasteiger charge is -2.22. The number of carboxylic acid groups (broad SMARTS) is 1. The number of hydrogen-bond acceptors (Lipinski definition) is 4. The van der Waals surface area contributed by atoms with E-state index in [1.54, 1.807) is 19.9 Å². The summed E-state index contributed by atoms with van der Waals surface area (Å²) in [5, 5.41) is 13.6. The van der Waals surface area contributed by atoms with E-state index in [0.29, 0.717) is 0 Å². The van der Waals surface area contributed by atoms with E-state index >= 15 is 0 Å². The van der Waals surface area contributed by atoms with Crippen molar-refractivity contribution in [2.75, 3.05) is 0 Å². The summed E-state index contributed by atoms with van der Waals surface area (Å²) in [5.41, 5.74) is 0. The van der Waals surface area contributed by atoms with Gasteiger partial charge in [-0.2, -0.15) is 0 Å². The molecule has 20 heavy (non-hydrogen) atoms. The van der Waals surface area contributed by atoms with Gasteiger partial charge >= 0.3 is 5.97 Å². The largest absolute Gasteiger partial charge is 0.480 e. The number of amides is 2. The minimum Gasteiger partial charge on any atom is -0.480 e. The van der Waals surface area contributed by atoms with E-state index in [1.807, 2.05) is 0 Å². The molecule has 0 spiro atoms. The number of rotatable bonds is 6. The van der Waals surface area contributed by atoms with Crippen molar-refractivity contribution in [2.24, 2.45) is 5.92 Å². The summed E-state index contributed by atoms with van der Waals surface area (Å²) >= 11 is 0. The van der Waals surface area contributed by atoms with Crippen LogP contribution in [0.1, 0.15) is 31.3 Å². The zero-order chi connectivity index (χ0) is 15.3. The molecule has 2 amide bonds. The van der Waals surface area contributed by atoms with Crippen LogP contribution in [0, 0.1) is 5.92 Å². The van der Waals surface area contributed by atoms with Crippen LogP contribution in [0.25, 0.3) is 0 Å². The second-order valence-corrected chi connectivity index (χ2v) is 4.74. The number of carboxylic acids is 1. The van der Waals surface area contributed by atoms with E-state index in [1.165, 1.54) is 19.3 Å². The lowest BCUT2D eigenvalue weighted by molar-refractivity contribution is -0.141. The van der Waals surface area contributed by atoms with Crippen molar-refractivity contribution in [2.45, 2.75) is 32.9 Å². The highest BCUT2D eigenvalue weighted by Crippen LogP contribution is 2.06. The van der Waals surface area contributed by atoms with E-state index in [-0.39, 0.29) is 11.7 Å². The van der Waals surface area contributed by atoms with Gasteiger partial charge in [-0.25, -0.2) is 0 Å². The molecule has 0 aliphatic carbocycles. The molecular weight excluding hydrogens is 264 g/mol. The minimum atomic E-state index is -1.14. The maximum Gasteiger partial charge on any atom is 0.325 e. The van der Waals surface area contributed by atoms with Crippen LogP contribution in [0.3, 0.4) is 0 Å². The Hall–Kier alpha value is -2.31. The van der Waals surface area contributed by atoms with Gasteiger partial charge in [-0.15, -0.1) is 0 Å². The van der Waals surface area contributed by atoms with E-state index in [2.05, 4.69) is 10.6 Å². The first kappa shape index (κ1) is 15.7. The summed E-state index contributed by atoms with van der Waals surface area (Å²) < 4.78 is 4.94. The van der Waals surface area contributed by atoms with E-state index in [9.17, 15) is 14.4 Å². The molecule has 2 atom stereocenters. The van der Waals surface area contributed by atoms with Crippen LogP contribution in [0.15, 0.2) is 22.8 Å². The Balaban J connectivity index is 2.72. The van der Waals surface area contributed by atoms with E-state index in [4.69, 9.17) is 9.52 Å². The molecule has 3 N–H and O–H groups in total. The normalized spacial score (nSPS) is 13.6. The predicted octanol–water partition coefficient (Wildman–Crippen LogP) is 0.623. The highest BCUT2D eigenvalue weighted by molar-refractivity contribution is 5.96. The Kier molecular flexibility index (Phi) is 5.31. The fourth-order valence-corrected chi connectivity index (χ4v) is 1.52. The fraction of sp³-hybridized carbons (Fsp3) is 0.462. The standard InChI is InChI=1S/C13H18N2O5/c1-7(2)10(12(17)14-8(3)13(18)19)15-11(16)9-5-4-6-20-9/h4-8,10H,1-3H3,(H,14,17)(H,15,16)(H,18,19). The minimum absolute atomic E-state index is 0.0923. The highest BCUT2D eigenvalue weighted by Gasteiger charge is 2.27. The van der Waals surface area contributed by atoms with Gasteiger partial charge in [-0.1, -0.05) is 13.8 Å². The maximum atomic E-state index is 12.0. The zero-order valence-corrected chi connectivity index (χ0v) is 11.5. The third-order valence-electron chi connectivity index (χ3n) is 2.71. The molecule has 1 heterocycles. The molecule has 0 aliphatic rings. The van der Waals surface area contributed by atoms with Crippen LogP contribution in [0.4, 0.5) is 0 Å². The molecule has 7 nitrogen and oxygen atoms in total. The van der Waals surface area contributed by atoms with Gasteiger partial charge in [-0.3, -0.25) is 14.4 Å². The lowest BCUT2D eigenvalue weighted by Crippen LogP contribution is -2.52. The average Bonchev–Trinajstić information content (AvgIpc) is 2.88. The summed E-state index contributed by atoms with van der Waals surface area (Å²) in [7, 11) is 0. The lowest BCUT2D eigenvalue weighted by atomic mass is 10.0. The van der Waals surface area contributed by atoms with Crippen molar-refractivity contribution in [3.8, 4) is 0 Å². The van der Waals surface area contributed by atoms with Crippen LogP contribution >= 0.6 is 0 Å². The van der Waals surface area contributed by atoms with Crippen molar-refractivity contribution in [1.82, 2.24) is 10.6 Å². The Morgan fingerprint density at radius 2 is 1.85 bits per heavy atom. The van der Waals surface area contributed by atoms with Crippen LogP contribution in [0.2, 0.25) is 0 Å². The van der Waals surface area contributed by atoms with Crippen molar-refractivity contribution in [3.05, 3.63) is 24.2 Å². The molecule has 0 aromatic carbocycles.